The number of ether oxygens (including phenoxy) is 4. The Balaban J connectivity index is 1.23. The minimum atomic E-state index is -0.516. The monoisotopic (exact) mass is 409 g/mol. The number of amides is 1. The van der Waals surface area contributed by atoms with E-state index in [2.05, 4.69) is 5.32 Å². The van der Waals surface area contributed by atoms with Crippen molar-refractivity contribution in [3.05, 3.63) is 48.0 Å². The predicted molar refractivity (Wildman–Crippen MR) is 112 cm³/mol. The molecule has 0 radical (unpaired) electrons. The molecular formula is C24H27NO5. The third-order valence-corrected chi connectivity index (χ3v) is 5.96. The number of benzene rings is 2. The van der Waals surface area contributed by atoms with E-state index in [1.807, 2.05) is 30.3 Å². The summed E-state index contributed by atoms with van der Waals surface area (Å²) in [5.41, 5.74) is 1.22. The van der Waals surface area contributed by atoms with E-state index < -0.39 is 5.79 Å². The van der Waals surface area contributed by atoms with Crippen LogP contribution in [-0.2, 0) is 4.74 Å². The van der Waals surface area contributed by atoms with Crippen LogP contribution in [0.5, 0.6) is 17.2 Å². The third-order valence-electron chi connectivity index (χ3n) is 5.96. The molecule has 6 nitrogen and oxygen atoms in total. The van der Waals surface area contributed by atoms with Gasteiger partial charge in [-0.25, -0.2) is 0 Å². The standard InChI is InChI=1S/C24H27NO5/c26-23(17-6-4-7-19(14-17)28-16-20-8-5-13-27-20)25-18-9-10-21-22(15-18)30-24(29-21)11-2-1-3-12-24/h4,6-7,9-10,14-15,20H,1-3,5,8,11-13,16H2,(H,25,26)/t20-/m1/s1. The maximum atomic E-state index is 12.8. The van der Waals surface area contributed by atoms with Crippen molar-refractivity contribution >= 4 is 11.6 Å². The summed E-state index contributed by atoms with van der Waals surface area (Å²) in [6.45, 7) is 1.31. The number of hydrogen-bond donors (Lipinski definition) is 1. The molecule has 2 aromatic rings. The molecule has 30 heavy (non-hydrogen) atoms. The molecule has 1 atom stereocenters. The van der Waals surface area contributed by atoms with E-state index in [0.29, 0.717) is 29.4 Å². The summed E-state index contributed by atoms with van der Waals surface area (Å²) in [5.74, 6) is 1.41. The molecule has 1 amide bonds. The maximum Gasteiger partial charge on any atom is 0.255 e. The number of carbonyl (C=O) groups is 1. The van der Waals surface area contributed by atoms with Crippen molar-refractivity contribution in [2.45, 2.75) is 56.8 Å². The first-order valence-corrected chi connectivity index (χ1v) is 10.9. The summed E-state index contributed by atoms with van der Waals surface area (Å²) in [6, 6.07) is 12.8. The van der Waals surface area contributed by atoms with Gasteiger partial charge in [0.2, 0.25) is 0 Å². The Hall–Kier alpha value is -2.73. The first-order chi connectivity index (χ1) is 14.7. The zero-order valence-electron chi connectivity index (χ0n) is 17.0. The van der Waals surface area contributed by atoms with Crippen LogP contribution >= 0.6 is 0 Å². The van der Waals surface area contributed by atoms with Gasteiger partial charge in [-0.1, -0.05) is 12.5 Å². The second-order valence-corrected chi connectivity index (χ2v) is 8.26. The molecule has 0 bridgehead atoms. The van der Waals surface area contributed by atoms with Crippen molar-refractivity contribution < 1.29 is 23.7 Å². The minimum Gasteiger partial charge on any atom is -0.491 e. The second-order valence-electron chi connectivity index (χ2n) is 8.26. The molecule has 2 aliphatic heterocycles. The maximum absolute atomic E-state index is 12.8. The van der Waals surface area contributed by atoms with E-state index in [1.165, 1.54) is 6.42 Å². The minimum absolute atomic E-state index is 0.142. The van der Waals surface area contributed by atoms with Crippen molar-refractivity contribution in [3.8, 4) is 17.2 Å². The van der Waals surface area contributed by atoms with E-state index in [9.17, 15) is 4.79 Å². The fourth-order valence-electron chi connectivity index (χ4n) is 4.36. The number of fused-ring (bicyclic) bond motifs is 1. The lowest BCUT2D eigenvalue weighted by Gasteiger charge is -2.31. The van der Waals surface area contributed by atoms with Gasteiger partial charge in [0.05, 0.1) is 6.10 Å². The SMILES string of the molecule is O=C(Nc1ccc2c(c1)OC1(CCCCC1)O2)c1cccc(OC[C@H]2CCCO2)c1. The van der Waals surface area contributed by atoms with Crippen LogP contribution in [0, 0.1) is 0 Å². The van der Waals surface area contributed by atoms with E-state index >= 15 is 0 Å². The van der Waals surface area contributed by atoms with Gasteiger partial charge >= 0.3 is 0 Å². The number of anilines is 1. The average molecular weight is 409 g/mol. The Bertz CT molecular complexity index is 916. The molecule has 2 fully saturated rings. The van der Waals surface area contributed by atoms with E-state index in [4.69, 9.17) is 18.9 Å². The summed E-state index contributed by atoms with van der Waals surface area (Å²) in [5, 5.41) is 2.95. The third kappa shape index (κ3) is 4.10. The first-order valence-electron chi connectivity index (χ1n) is 10.9. The highest BCUT2D eigenvalue weighted by Crippen LogP contribution is 2.46. The summed E-state index contributed by atoms with van der Waals surface area (Å²) < 4.78 is 23.7. The zero-order chi connectivity index (χ0) is 20.4. The Morgan fingerprint density at radius 3 is 2.73 bits per heavy atom. The van der Waals surface area contributed by atoms with Crippen LogP contribution in [0.3, 0.4) is 0 Å². The lowest BCUT2D eigenvalue weighted by atomic mass is 9.94. The molecule has 1 N–H and O–H groups in total. The number of hydrogen-bond acceptors (Lipinski definition) is 5. The molecule has 1 aliphatic carbocycles. The Kier molecular flexibility index (Phi) is 5.25. The number of nitrogens with one attached hydrogen (secondary N) is 1. The van der Waals surface area contributed by atoms with Crippen LogP contribution in [-0.4, -0.2) is 31.0 Å². The van der Waals surface area contributed by atoms with Gasteiger partial charge < -0.3 is 24.3 Å². The molecule has 3 aliphatic rings. The van der Waals surface area contributed by atoms with Crippen molar-refractivity contribution in [1.82, 2.24) is 0 Å². The van der Waals surface area contributed by atoms with Crippen molar-refractivity contribution in [2.24, 2.45) is 0 Å². The van der Waals surface area contributed by atoms with Crippen LogP contribution < -0.4 is 19.5 Å². The Morgan fingerprint density at radius 2 is 1.90 bits per heavy atom. The van der Waals surface area contributed by atoms with Crippen LogP contribution in [0.15, 0.2) is 42.5 Å². The highest BCUT2D eigenvalue weighted by molar-refractivity contribution is 6.04. The fourth-order valence-corrected chi connectivity index (χ4v) is 4.36. The molecule has 158 valence electrons. The predicted octanol–water partition coefficient (Wildman–Crippen LogP) is 4.93. The number of rotatable bonds is 5. The van der Waals surface area contributed by atoms with Gasteiger partial charge in [0.15, 0.2) is 11.5 Å². The Labute approximate surface area is 176 Å². The van der Waals surface area contributed by atoms with Crippen LogP contribution in [0.2, 0.25) is 0 Å². The molecule has 1 saturated heterocycles. The van der Waals surface area contributed by atoms with Gasteiger partial charge in [0, 0.05) is 36.8 Å². The molecule has 0 aromatic heterocycles. The van der Waals surface area contributed by atoms with Crippen LogP contribution in [0.4, 0.5) is 5.69 Å². The lowest BCUT2D eigenvalue weighted by Crippen LogP contribution is -2.40. The smallest absolute Gasteiger partial charge is 0.255 e. The molecular weight excluding hydrogens is 382 g/mol. The van der Waals surface area contributed by atoms with Crippen LogP contribution in [0.25, 0.3) is 0 Å². The van der Waals surface area contributed by atoms with E-state index in [1.54, 1.807) is 12.1 Å². The van der Waals surface area contributed by atoms with E-state index in [0.717, 1.165) is 50.9 Å². The van der Waals surface area contributed by atoms with E-state index in [-0.39, 0.29) is 12.0 Å². The summed E-state index contributed by atoms with van der Waals surface area (Å²) in [7, 11) is 0. The van der Waals surface area contributed by atoms with Gasteiger partial charge in [0.25, 0.3) is 11.7 Å². The molecule has 1 saturated carbocycles. The zero-order valence-corrected chi connectivity index (χ0v) is 17.0. The molecule has 6 heteroatoms. The second kappa shape index (κ2) is 8.19. The van der Waals surface area contributed by atoms with Gasteiger partial charge in [-0.2, -0.15) is 0 Å². The first kappa shape index (κ1) is 19.2. The number of carbonyl (C=O) groups excluding carboxylic acids is 1. The van der Waals surface area contributed by atoms with Gasteiger partial charge in [-0.05, 0) is 56.0 Å². The van der Waals surface area contributed by atoms with Gasteiger partial charge in [0.1, 0.15) is 12.4 Å². The molecule has 5 rings (SSSR count). The van der Waals surface area contributed by atoms with Crippen molar-refractivity contribution in [1.29, 1.82) is 0 Å². The highest BCUT2D eigenvalue weighted by Gasteiger charge is 2.42. The molecule has 2 heterocycles. The van der Waals surface area contributed by atoms with Gasteiger partial charge in [-0.3, -0.25) is 4.79 Å². The van der Waals surface area contributed by atoms with Gasteiger partial charge in [-0.15, -0.1) is 0 Å². The molecule has 2 aromatic carbocycles. The quantitative estimate of drug-likeness (QED) is 0.759. The fraction of sp³-hybridized carbons (Fsp3) is 0.458. The Morgan fingerprint density at radius 1 is 1.03 bits per heavy atom. The summed E-state index contributed by atoms with van der Waals surface area (Å²) >= 11 is 0. The normalized spacial score (nSPS) is 21.5. The summed E-state index contributed by atoms with van der Waals surface area (Å²) in [4.78, 5) is 12.8. The largest absolute Gasteiger partial charge is 0.491 e. The molecule has 0 unspecified atom stereocenters. The summed E-state index contributed by atoms with van der Waals surface area (Å²) in [6.07, 6.45) is 7.50. The highest BCUT2D eigenvalue weighted by atomic mass is 16.7. The lowest BCUT2D eigenvalue weighted by molar-refractivity contribution is -0.105. The van der Waals surface area contributed by atoms with Crippen LogP contribution in [0.1, 0.15) is 55.3 Å². The average Bonchev–Trinajstić information content (AvgIpc) is 3.40. The topological polar surface area (TPSA) is 66.0 Å². The molecule has 1 spiro atoms. The van der Waals surface area contributed by atoms with Crippen molar-refractivity contribution in [2.75, 3.05) is 18.5 Å². The van der Waals surface area contributed by atoms with Crippen molar-refractivity contribution in [3.63, 3.8) is 0 Å².